The third kappa shape index (κ3) is 5.96. The molecule has 2 saturated heterocycles. The zero-order valence-electron chi connectivity index (χ0n) is 23.7. The van der Waals surface area contributed by atoms with Gasteiger partial charge >= 0.3 is 12.1 Å². The first kappa shape index (κ1) is 30.6. The van der Waals surface area contributed by atoms with Crippen LogP contribution in [-0.4, -0.2) is 74.9 Å². The van der Waals surface area contributed by atoms with Gasteiger partial charge in [-0.25, -0.2) is 9.18 Å². The summed E-state index contributed by atoms with van der Waals surface area (Å²) in [7, 11) is 2.68. The zero-order valence-corrected chi connectivity index (χ0v) is 24.5. The molecule has 228 valence electrons. The molecule has 0 spiro atoms. The minimum atomic E-state index is -4.59. The number of halogens is 5. The first-order valence-corrected chi connectivity index (χ1v) is 14.4. The van der Waals surface area contributed by atoms with Crippen LogP contribution in [0.15, 0.2) is 36.4 Å². The van der Waals surface area contributed by atoms with E-state index in [1.165, 1.54) is 37.3 Å². The number of ether oxygens (including phenoxy) is 2. The lowest BCUT2D eigenvalue weighted by atomic mass is 9.85. The molecule has 0 radical (unpaired) electrons. The fourth-order valence-corrected chi connectivity index (χ4v) is 6.51. The second-order valence-electron chi connectivity index (χ2n) is 11.4. The normalized spacial score (nSPS) is 25.3. The number of piperazine rings is 1. The van der Waals surface area contributed by atoms with Crippen LogP contribution >= 0.6 is 11.6 Å². The number of rotatable bonds is 6. The number of hydrogen-bond donors (Lipinski definition) is 0. The topological polar surface area (TPSA) is 62.3 Å². The predicted molar refractivity (Wildman–Crippen MR) is 150 cm³/mol. The van der Waals surface area contributed by atoms with E-state index < -0.39 is 29.1 Å². The van der Waals surface area contributed by atoms with Crippen LogP contribution in [0.25, 0.3) is 0 Å². The number of carbonyl (C=O) groups is 2. The van der Waals surface area contributed by atoms with Gasteiger partial charge in [-0.3, -0.25) is 9.69 Å². The van der Waals surface area contributed by atoms with E-state index in [-0.39, 0.29) is 40.2 Å². The molecular formula is C30H34ClF4N3O4. The van der Waals surface area contributed by atoms with Gasteiger partial charge in [-0.05, 0) is 74.9 Å². The number of alkyl halides is 3. The number of carbonyl (C=O) groups excluding carboxylic acids is 2. The molecule has 2 aliphatic heterocycles. The van der Waals surface area contributed by atoms with Gasteiger partial charge in [0.25, 0.3) is 5.91 Å². The maximum Gasteiger partial charge on any atom is 0.416 e. The molecule has 5 rings (SSSR count). The van der Waals surface area contributed by atoms with Gasteiger partial charge in [-0.1, -0.05) is 11.6 Å². The fraction of sp³-hybridized carbons (Fsp3) is 0.533. The molecule has 0 unspecified atom stereocenters. The minimum absolute atomic E-state index is 0.0212. The molecule has 3 aliphatic rings. The quantitative estimate of drug-likeness (QED) is 0.305. The van der Waals surface area contributed by atoms with Crippen LogP contribution in [0.5, 0.6) is 0 Å². The van der Waals surface area contributed by atoms with E-state index in [1.54, 1.807) is 6.07 Å². The smallest absolute Gasteiger partial charge is 0.416 e. The Balaban J connectivity index is 1.25. The van der Waals surface area contributed by atoms with Gasteiger partial charge in [-0.15, -0.1) is 0 Å². The lowest BCUT2D eigenvalue weighted by Crippen LogP contribution is -2.60. The Hall–Kier alpha value is -2.89. The molecule has 7 nitrogen and oxygen atoms in total. The highest BCUT2D eigenvalue weighted by molar-refractivity contribution is 6.31. The Kier molecular flexibility index (Phi) is 8.48. The first-order valence-electron chi connectivity index (χ1n) is 14.0. The van der Waals surface area contributed by atoms with Crippen molar-refractivity contribution in [2.45, 2.75) is 56.5 Å². The van der Waals surface area contributed by atoms with Crippen LogP contribution in [-0.2, 0) is 20.4 Å². The van der Waals surface area contributed by atoms with E-state index in [0.29, 0.717) is 39.1 Å². The molecule has 0 aromatic heterocycles. The van der Waals surface area contributed by atoms with Crippen molar-refractivity contribution in [3.05, 3.63) is 58.4 Å². The van der Waals surface area contributed by atoms with Crippen LogP contribution < -0.4 is 9.80 Å². The molecule has 2 aromatic carbocycles. The van der Waals surface area contributed by atoms with Crippen LogP contribution in [0, 0.1) is 11.7 Å². The largest absolute Gasteiger partial charge is 0.465 e. The number of esters is 1. The van der Waals surface area contributed by atoms with Crippen molar-refractivity contribution in [1.29, 1.82) is 0 Å². The second-order valence-corrected chi connectivity index (χ2v) is 11.9. The predicted octanol–water partition coefficient (Wildman–Crippen LogP) is 5.79. The summed E-state index contributed by atoms with van der Waals surface area (Å²) >= 11 is 5.99. The van der Waals surface area contributed by atoms with E-state index in [2.05, 4.69) is 16.7 Å². The molecule has 0 bridgehead atoms. The summed E-state index contributed by atoms with van der Waals surface area (Å²) in [6, 6.07) is 7.71. The molecule has 12 heteroatoms. The van der Waals surface area contributed by atoms with Crippen LogP contribution in [0.4, 0.5) is 28.9 Å². The average molecular weight is 612 g/mol. The first-order chi connectivity index (χ1) is 19.8. The maximum atomic E-state index is 14.2. The summed E-state index contributed by atoms with van der Waals surface area (Å²) in [5.74, 6) is -1.69. The summed E-state index contributed by atoms with van der Waals surface area (Å²) in [5.41, 5.74) is -1.29. The molecule has 42 heavy (non-hydrogen) atoms. The molecule has 3 fully saturated rings. The highest BCUT2D eigenvalue weighted by Crippen LogP contribution is 2.48. The van der Waals surface area contributed by atoms with Crippen molar-refractivity contribution in [2.24, 2.45) is 5.92 Å². The van der Waals surface area contributed by atoms with Gasteiger partial charge in [0.2, 0.25) is 0 Å². The molecule has 0 N–H and O–H groups in total. The van der Waals surface area contributed by atoms with Gasteiger partial charge in [0.15, 0.2) is 0 Å². The maximum absolute atomic E-state index is 14.2. The number of amides is 1. The highest BCUT2D eigenvalue weighted by atomic mass is 35.5. The molecule has 1 amide bonds. The standard InChI is InChI=1S/C30H34ClF4N3O4/c1-18-16-37(10-11-38(18)22-6-7-26(32)25(15-22)27(39)41-3)23-8-9-29(42-17-23,19-4-5-19)28(40)36(2)24-13-20(30(33,34)35)12-21(31)14-24/h6-7,12-15,18-19,23H,4-5,8-11,16-17H2,1-3H3/t18-,23+,29-/m0/s1. The van der Waals surface area contributed by atoms with E-state index in [9.17, 15) is 27.2 Å². The molecular weight excluding hydrogens is 578 g/mol. The number of benzene rings is 2. The Bertz CT molecular complexity index is 1340. The summed E-state index contributed by atoms with van der Waals surface area (Å²) in [6.07, 6.45) is -1.76. The zero-order chi connectivity index (χ0) is 30.4. The third-order valence-corrected chi connectivity index (χ3v) is 8.96. The Morgan fingerprint density at radius 3 is 2.45 bits per heavy atom. The lowest BCUT2D eigenvalue weighted by Gasteiger charge is -2.48. The van der Waals surface area contributed by atoms with Gasteiger partial charge < -0.3 is 19.3 Å². The summed E-state index contributed by atoms with van der Waals surface area (Å²) in [4.78, 5) is 31.5. The fourth-order valence-electron chi connectivity index (χ4n) is 6.28. The molecule has 1 saturated carbocycles. The number of likely N-dealkylation sites (N-methyl/N-ethyl adjacent to an activating group) is 1. The average Bonchev–Trinajstić information content (AvgIpc) is 3.82. The van der Waals surface area contributed by atoms with E-state index in [4.69, 9.17) is 21.1 Å². The van der Waals surface area contributed by atoms with E-state index in [0.717, 1.165) is 30.7 Å². The summed E-state index contributed by atoms with van der Waals surface area (Å²) in [6.45, 7) is 4.44. The highest BCUT2D eigenvalue weighted by Gasteiger charge is 2.55. The van der Waals surface area contributed by atoms with Crippen LogP contribution in [0.1, 0.15) is 48.5 Å². The lowest BCUT2D eigenvalue weighted by molar-refractivity contribution is -0.162. The molecule has 1 aliphatic carbocycles. The monoisotopic (exact) mass is 611 g/mol. The number of anilines is 2. The number of hydrogen-bond acceptors (Lipinski definition) is 6. The second kappa shape index (κ2) is 11.7. The van der Waals surface area contributed by atoms with Crippen LogP contribution in [0.2, 0.25) is 5.02 Å². The van der Waals surface area contributed by atoms with Crippen molar-refractivity contribution in [3.8, 4) is 0 Å². The Morgan fingerprint density at radius 1 is 1.12 bits per heavy atom. The van der Waals surface area contributed by atoms with Gasteiger partial charge in [0, 0.05) is 55.2 Å². The third-order valence-electron chi connectivity index (χ3n) is 8.75. The van der Waals surface area contributed by atoms with Crippen LogP contribution in [0.3, 0.4) is 0 Å². The van der Waals surface area contributed by atoms with Gasteiger partial charge in [0.05, 0.1) is 24.8 Å². The van der Waals surface area contributed by atoms with E-state index >= 15 is 0 Å². The number of methoxy groups -OCH3 is 1. The van der Waals surface area contributed by atoms with Crippen molar-refractivity contribution >= 4 is 34.9 Å². The SMILES string of the molecule is COC(=O)c1cc(N2CCN([C@@H]3CC[C@@](C(=O)N(C)c4cc(Cl)cc(C(F)(F)F)c4)(C4CC4)OC3)C[C@@H]2C)ccc1F. The van der Waals surface area contributed by atoms with Gasteiger partial charge in [0.1, 0.15) is 11.4 Å². The number of nitrogens with zero attached hydrogens (tertiary/aromatic N) is 3. The van der Waals surface area contributed by atoms with Gasteiger partial charge in [-0.2, -0.15) is 13.2 Å². The van der Waals surface area contributed by atoms with Crippen molar-refractivity contribution < 1.29 is 36.6 Å². The minimum Gasteiger partial charge on any atom is -0.465 e. The van der Waals surface area contributed by atoms with Crippen molar-refractivity contribution in [1.82, 2.24) is 4.90 Å². The Morgan fingerprint density at radius 2 is 1.86 bits per heavy atom. The molecule has 3 atom stereocenters. The van der Waals surface area contributed by atoms with Crippen molar-refractivity contribution in [3.63, 3.8) is 0 Å². The molecule has 2 aromatic rings. The Labute approximate surface area is 247 Å². The van der Waals surface area contributed by atoms with Crippen molar-refractivity contribution in [2.75, 3.05) is 50.2 Å². The van der Waals surface area contributed by atoms with E-state index in [1.807, 2.05) is 0 Å². The molecule has 2 heterocycles. The summed E-state index contributed by atoms with van der Waals surface area (Å²) < 4.78 is 65.5. The summed E-state index contributed by atoms with van der Waals surface area (Å²) in [5, 5.41) is -0.0972.